The molecule has 0 saturated carbocycles. The van der Waals surface area contributed by atoms with E-state index in [1.807, 2.05) is 0 Å². The highest BCUT2D eigenvalue weighted by molar-refractivity contribution is 9.10. The van der Waals surface area contributed by atoms with Crippen molar-refractivity contribution in [1.29, 1.82) is 0 Å². The summed E-state index contributed by atoms with van der Waals surface area (Å²) in [5, 5.41) is 8.95. The number of aromatic amines is 1. The lowest BCUT2D eigenvalue weighted by Gasteiger charge is -2.07. The van der Waals surface area contributed by atoms with Gasteiger partial charge in [0, 0.05) is 5.69 Å². The number of aromatic nitrogens is 3. The minimum absolute atomic E-state index is 0.0485. The molecule has 0 atom stereocenters. The van der Waals surface area contributed by atoms with Crippen molar-refractivity contribution in [3.05, 3.63) is 39.6 Å². The number of amides is 1. The third kappa shape index (κ3) is 2.56. The highest BCUT2D eigenvalue weighted by atomic mass is 79.9. The molecule has 0 aliphatic carbocycles. The first-order valence-corrected chi connectivity index (χ1v) is 5.92. The Balaban J connectivity index is 2.24. The Bertz CT molecular complexity index is 611. The van der Waals surface area contributed by atoms with E-state index in [9.17, 15) is 9.18 Å². The Morgan fingerprint density at radius 2 is 2.17 bits per heavy atom. The summed E-state index contributed by atoms with van der Waals surface area (Å²) in [4.78, 5) is 15.7. The molecule has 1 aromatic carbocycles. The number of aryl methyl sites for hydroxylation is 2. The molecule has 0 bridgehead atoms. The summed E-state index contributed by atoms with van der Waals surface area (Å²) in [5.74, 6) is -0.218. The lowest BCUT2D eigenvalue weighted by molar-refractivity contribution is 0.101. The van der Waals surface area contributed by atoms with Crippen molar-refractivity contribution in [3.63, 3.8) is 0 Å². The molecule has 0 fully saturated rings. The predicted octanol–water partition coefficient (Wildman–Crippen LogP) is 2.58. The van der Waals surface area contributed by atoms with Crippen molar-refractivity contribution < 1.29 is 9.18 Å². The number of hydrogen-bond acceptors (Lipinski definition) is 3. The van der Waals surface area contributed by atoms with E-state index in [4.69, 9.17) is 0 Å². The number of hydrogen-bond donors (Lipinski definition) is 2. The Kier molecular flexibility index (Phi) is 3.42. The fourth-order valence-corrected chi connectivity index (χ4v) is 1.75. The molecule has 0 saturated heterocycles. The van der Waals surface area contributed by atoms with E-state index in [0.29, 0.717) is 17.1 Å². The number of nitrogens with one attached hydrogen (secondary N) is 2. The zero-order valence-corrected chi connectivity index (χ0v) is 11.3. The van der Waals surface area contributed by atoms with Crippen LogP contribution in [0.1, 0.15) is 22.0 Å². The van der Waals surface area contributed by atoms with E-state index in [1.54, 1.807) is 13.8 Å². The first-order chi connectivity index (χ1) is 8.47. The van der Waals surface area contributed by atoms with Crippen LogP contribution < -0.4 is 5.32 Å². The molecule has 2 aromatic rings. The normalized spacial score (nSPS) is 10.4. The molecule has 0 spiro atoms. The summed E-state index contributed by atoms with van der Waals surface area (Å²) < 4.78 is 13.5. The summed E-state index contributed by atoms with van der Waals surface area (Å²) in [6, 6.07) is 2.84. The second kappa shape index (κ2) is 4.85. The van der Waals surface area contributed by atoms with Gasteiger partial charge in [0.25, 0.3) is 5.91 Å². The van der Waals surface area contributed by atoms with Crippen LogP contribution in [-0.2, 0) is 0 Å². The van der Waals surface area contributed by atoms with Crippen LogP contribution in [0.25, 0.3) is 0 Å². The highest BCUT2D eigenvalue weighted by Gasteiger charge is 2.13. The number of rotatable bonds is 2. The first-order valence-electron chi connectivity index (χ1n) is 5.13. The number of carbonyl (C=O) groups is 1. The van der Waals surface area contributed by atoms with Crippen molar-refractivity contribution in [2.45, 2.75) is 13.8 Å². The summed E-state index contributed by atoms with van der Waals surface area (Å²) in [6.45, 7) is 3.40. The molecule has 0 unspecified atom stereocenters. The number of H-pyrrole nitrogens is 1. The molecular formula is C11H10BrFN4O. The summed E-state index contributed by atoms with van der Waals surface area (Å²) in [5.41, 5.74) is 1.13. The van der Waals surface area contributed by atoms with Crippen LogP contribution in [-0.4, -0.2) is 21.1 Å². The molecule has 5 nitrogen and oxygen atoms in total. The minimum atomic E-state index is -0.444. The second-order valence-electron chi connectivity index (χ2n) is 3.78. The fourth-order valence-electron chi connectivity index (χ4n) is 1.40. The van der Waals surface area contributed by atoms with Gasteiger partial charge in [0.15, 0.2) is 0 Å². The van der Waals surface area contributed by atoms with Gasteiger partial charge in [-0.15, -0.1) is 5.10 Å². The predicted molar refractivity (Wildman–Crippen MR) is 67.9 cm³/mol. The second-order valence-corrected chi connectivity index (χ2v) is 4.63. The summed E-state index contributed by atoms with van der Waals surface area (Å²) in [6.07, 6.45) is 0. The average Bonchev–Trinajstić information content (AvgIpc) is 2.73. The van der Waals surface area contributed by atoms with Gasteiger partial charge in [-0.3, -0.25) is 9.89 Å². The van der Waals surface area contributed by atoms with Crippen LogP contribution in [0.5, 0.6) is 0 Å². The number of benzene rings is 1. The highest BCUT2D eigenvalue weighted by Crippen LogP contribution is 2.24. The maximum atomic E-state index is 13.2. The number of halogens is 2. The van der Waals surface area contributed by atoms with Crippen molar-refractivity contribution in [3.8, 4) is 0 Å². The number of nitrogens with zero attached hydrogens (tertiary/aromatic N) is 2. The smallest absolute Gasteiger partial charge is 0.295 e. The lowest BCUT2D eigenvalue weighted by Crippen LogP contribution is -2.14. The van der Waals surface area contributed by atoms with Crippen LogP contribution >= 0.6 is 15.9 Å². The van der Waals surface area contributed by atoms with Crippen LogP contribution in [0.3, 0.4) is 0 Å². The maximum absolute atomic E-state index is 13.2. The fraction of sp³-hybridized carbons (Fsp3) is 0.182. The van der Waals surface area contributed by atoms with Crippen molar-refractivity contribution in [2.24, 2.45) is 0 Å². The largest absolute Gasteiger partial charge is 0.319 e. The van der Waals surface area contributed by atoms with Gasteiger partial charge in [0.2, 0.25) is 5.82 Å². The standard InChI is InChI=1S/C11H10BrFN4O/c1-5-3-8(13)7(12)4-9(5)15-11(18)10-14-6(2)16-17-10/h3-4H,1-2H3,(H,15,18)(H,14,16,17). The Morgan fingerprint density at radius 3 is 2.78 bits per heavy atom. The number of anilines is 1. The molecule has 0 radical (unpaired) electrons. The molecule has 0 aliphatic rings. The molecule has 1 heterocycles. The molecule has 18 heavy (non-hydrogen) atoms. The third-order valence-corrected chi connectivity index (χ3v) is 2.92. The summed E-state index contributed by atoms with van der Waals surface area (Å²) in [7, 11) is 0. The topological polar surface area (TPSA) is 70.7 Å². The van der Waals surface area contributed by atoms with Crippen molar-refractivity contribution >= 4 is 27.5 Å². The van der Waals surface area contributed by atoms with E-state index >= 15 is 0 Å². The minimum Gasteiger partial charge on any atom is -0.319 e. The van der Waals surface area contributed by atoms with E-state index < -0.39 is 5.91 Å². The van der Waals surface area contributed by atoms with Gasteiger partial charge in [0.05, 0.1) is 4.47 Å². The zero-order chi connectivity index (χ0) is 13.3. The van der Waals surface area contributed by atoms with Gasteiger partial charge in [0.1, 0.15) is 11.6 Å². The van der Waals surface area contributed by atoms with Gasteiger partial charge in [-0.2, -0.15) is 0 Å². The van der Waals surface area contributed by atoms with E-state index in [-0.39, 0.29) is 16.1 Å². The van der Waals surface area contributed by atoms with Crippen LogP contribution in [0.4, 0.5) is 10.1 Å². The molecule has 1 aromatic heterocycles. The monoisotopic (exact) mass is 312 g/mol. The quantitative estimate of drug-likeness (QED) is 0.895. The lowest BCUT2D eigenvalue weighted by atomic mass is 10.2. The van der Waals surface area contributed by atoms with Gasteiger partial charge >= 0.3 is 0 Å². The van der Waals surface area contributed by atoms with Crippen LogP contribution in [0.15, 0.2) is 16.6 Å². The molecule has 0 aliphatic heterocycles. The Labute approximate surface area is 111 Å². The molecule has 94 valence electrons. The summed E-state index contributed by atoms with van der Waals surface area (Å²) >= 11 is 3.07. The van der Waals surface area contributed by atoms with Crippen molar-refractivity contribution in [2.75, 3.05) is 5.32 Å². The SMILES string of the molecule is Cc1nc(C(=O)Nc2cc(Br)c(F)cc2C)n[nH]1. The third-order valence-electron chi connectivity index (χ3n) is 2.32. The maximum Gasteiger partial charge on any atom is 0.295 e. The van der Waals surface area contributed by atoms with Crippen LogP contribution in [0, 0.1) is 19.7 Å². The van der Waals surface area contributed by atoms with E-state index in [2.05, 4.69) is 36.4 Å². The van der Waals surface area contributed by atoms with E-state index in [0.717, 1.165) is 0 Å². The van der Waals surface area contributed by atoms with Gasteiger partial charge < -0.3 is 5.32 Å². The Morgan fingerprint density at radius 1 is 1.44 bits per heavy atom. The molecular weight excluding hydrogens is 303 g/mol. The molecule has 1 amide bonds. The van der Waals surface area contributed by atoms with Gasteiger partial charge in [-0.25, -0.2) is 9.37 Å². The first kappa shape index (κ1) is 12.7. The zero-order valence-electron chi connectivity index (χ0n) is 9.71. The van der Waals surface area contributed by atoms with Gasteiger partial charge in [-0.05, 0) is 47.5 Å². The van der Waals surface area contributed by atoms with Crippen molar-refractivity contribution in [1.82, 2.24) is 15.2 Å². The van der Waals surface area contributed by atoms with Gasteiger partial charge in [-0.1, -0.05) is 0 Å². The average molecular weight is 313 g/mol. The molecule has 7 heteroatoms. The Hall–Kier alpha value is -1.76. The van der Waals surface area contributed by atoms with E-state index in [1.165, 1.54) is 12.1 Å². The van der Waals surface area contributed by atoms with Crippen LogP contribution in [0.2, 0.25) is 0 Å². The molecule has 2 rings (SSSR count). The molecule has 2 N–H and O–H groups in total. The number of carbonyl (C=O) groups excluding carboxylic acids is 1.